The maximum Gasteiger partial charge on any atom is 0.327 e. The number of allylic oxidation sites excluding steroid dienone is 1. The van der Waals surface area contributed by atoms with Crippen molar-refractivity contribution in [2.45, 2.75) is 45.7 Å². The molecule has 0 radical (unpaired) electrons. The number of rotatable bonds is 13. The second-order valence-electron chi connectivity index (χ2n) is 8.61. The second kappa shape index (κ2) is 13.6. The highest BCUT2D eigenvalue weighted by Gasteiger charge is 2.23. The first kappa shape index (κ1) is 28.0. The molecule has 2 aromatic rings. The van der Waals surface area contributed by atoms with Crippen molar-refractivity contribution in [2.75, 3.05) is 11.9 Å². The fourth-order valence-electron chi connectivity index (χ4n) is 3.21. The number of carboxylic acid groups (broad SMARTS) is 1. The monoisotopic (exact) mass is 500 g/mol. The van der Waals surface area contributed by atoms with Crippen LogP contribution in [0.5, 0.6) is 0 Å². The van der Waals surface area contributed by atoms with Crippen molar-refractivity contribution in [1.29, 1.82) is 0 Å². The molecule has 2 aromatic heterocycles. The van der Waals surface area contributed by atoms with Gasteiger partial charge in [0.25, 0.3) is 11.5 Å². The lowest BCUT2D eigenvalue weighted by molar-refractivity contribution is -0.131. The SMILES string of the molecule is CC(C)CCNC(=O)Cn1cccc(NC(=O)C(CCC=CC(=O)O)NC(=O)c2cncn2C)c1=O. The summed E-state index contributed by atoms with van der Waals surface area (Å²) in [6.45, 7) is 4.37. The Kier molecular flexibility index (Phi) is 10.6. The highest BCUT2D eigenvalue weighted by Crippen LogP contribution is 2.07. The van der Waals surface area contributed by atoms with Crippen LogP contribution in [-0.4, -0.2) is 55.5 Å². The summed E-state index contributed by atoms with van der Waals surface area (Å²) in [6, 6.07) is 1.85. The summed E-state index contributed by atoms with van der Waals surface area (Å²) < 4.78 is 2.66. The number of nitrogens with zero attached hydrogens (tertiary/aromatic N) is 3. The molecule has 2 rings (SSSR count). The molecule has 0 fully saturated rings. The molecule has 194 valence electrons. The maximum atomic E-state index is 13.0. The third-order valence-electron chi connectivity index (χ3n) is 5.19. The summed E-state index contributed by atoms with van der Waals surface area (Å²) >= 11 is 0. The lowest BCUT2D eigenvalue weighted by Gasteiger charge is -2.18. The molecular formula is C24H32N6O6. The number of imidazole rings is 1. The summed E-state index contributed by atoms with van der Waals surface area (Å²) in [6.07, 6.45) is 7.61. The normalized spacial score (nSPS) is 11.9. The first-order valence-electron chi connectivity index (χ1n) is 11.5. The van der Waals surface area contributed by atoms with E-state index in [9.17, 15) is 24.0 Å². The molecule has 0 aliphatic rings. The number of anilines is 1. The van der Waals surface area contributed by atoms with E-state index >= 15 is 0 Å². The number of carboxylic acids is 1. The number of pyridine rings is 1. The number of carbonyl (C=O) groups excluding carboxylic acids is 3. The molecule has 12 heteroatoms. The van der Waals surface area contributed by atoms with Gasteiger partial charge < -0.3 is 30.2 Å². The Balaban J connectivity index is 2.13. The smallest absolute Gasteiger partial charge is 0.327 e. The van der Waals surface area contributed by atoms with Gasteiger partial charge in [0.15, 0.2) is 0 Å². The molecule has 0 saturated heterocycles. The van der Waals surface area contributed by atoms with Gasteiger partial charge in [0.05, 0.1) is 12.5 Å². The van der Waals surface area contributed by atoms with Gasteiger partial charge in [-0.1, -0.05) is 19.9 Å². The number of aryl methyl sites for hydroxylation is 1. The largest absolute Gasteiger partial charge is 0.478 e. The molecule has 0 bridgehead atoms. The van der Waals surface area contributed by atoms with E-state index in [1.54, 1.807) is 7.05 Å². The van der Waals surface area contributed by atoms with Crippen LogP contribution in [0.2, 0.25) is 0 Å². The predicted octanol–water partition coefficient (Wildman–Crippen LogP) is 0.902. The van der Waals surface area contributed by atoms with E-state index in [1.807, 2.05) is 13.8 Å². The minimum absolute atomic E-state index is 0.0571. The first-order valence-corrected chi connectivity index (χ1v) is 11.5. The van der Waals surface area contributed by atoms with Crippen molar-refractivity contribution < 1.29 is 24.3 Å². The van der Waals surface area contributed by atoms with Crippen LogP contribution in [0.15, 0.2) is 47.8 Å². The molecule has 0 spiro atoms. The van der Waals surface area contributed by atoms with Crippen molar-refractivity contribution in [1.82, 2.24) is 24.8 Å². The minimum Gasteiger partial charge on any atom is -0.478 e. The molecule has 12 nitrogen and oxygen atoms in total. The van der Waals surface area contributed by atoms with E-state index in [-0.39, 0.29) is 36.7 Å². The highest BCUT2D eigenvalue weighted by atomic mass is 16.4. The fourth-order valence-corrected chi connectivity index (χ4v) is 3.21. The lowest BCUT2D eigenvalue weighted by atomic mass is 10.1. The van der Waals surface area contributed by atoms with Gasteiger partial charge in [-0.3, -0.25) is 19.2 Å². The molecule has 36 heavy (non-hydrogen) atoms. The Hall–Kier alpha value is -4.22. The molecule has 4 N–H and O–H groups in total. The van der Waals surface area contributed by atoms with E-state index in [0.717, 1.165) is 12.5 Å². The molecule has 1 atom stereocenters. The van der Waals surface area contributed by atoms with E-state index in [4.69, 9.17) is 5.11 Å². The highest BCUT2D eigenvalue weighted by molar-refractivity contribution is 6.00. The van der Waals surface area contributed by atoms with Gasteiger partial charge in [0, 0.05) is 25.9 Å². The Morgan fingerprint density at radius 3 is 2.58 bits per heavy atom. The molecule has 1 unspecified atom stereocenters. The summed E-state index contributed by atoms with van der Waals surface area (Å²) in [5.74, 6) is -2.25. The molecule has 2 heterocycles. The standard InChI is InChI=1S/C24H32N6O6/c1-16(2)10-11-26-20(31)14-30-12-6-8-18(24(30)36)28-22(34)17(7-4-5-9-21(32)33)27-23(35)19-13-25-15-29(19)3/h5-6,8-9,12-13,15-17H,4,7,10-11,14H2,1-3H3,(H,26,31)(H,27,35)(H,28,34)(H,32,33). The number of carbonyl (C=O) groups is 4. The molecule has 0 aliphatic heterocycles. The molecule has 0 saturated carbocycles. The third-order valence-corrected chi connectivity index (χ3v) is 5.19. The number of aromatic nitrogens is 3. The number of nitrogens with one attached hydrogen (secondary N) is 3. The van der Waals surface area contributed by atoms with Crippen molar-refractivity contribution in [3.63, 3.8) is 0 Å². The van der Waals surface area contributed by atoms with Crippen LogP contribution in [0.25, 0.3) is 0 Å². The average molecular weight is 501 g/mol. The minimum atomic E-state index is -1.13. The number of aliphatic carboxylic acids is 1. The van der Waals surface area contributed by atoms with Gasteiger partial charge in [0.2, 0.25) is 11.8 Å². The van der Waals surface area contributed by atoms with Crippen molar-refractivity contribution >= 4 is 29.4 Å². The Bertz CT molecular complexity index is 1170. The van der Waals surface area contributed by atoms with Crippen molar-refractivity contribution in [3.8, 4) is 0 Å². The fraction of sp³-hybridized carbons (Fsp3) is 0.417. The molecular weight excluding hydrogens is 468 g/mol. The molecule has 0 aliphatic carbocycles. The number of hydrogen-bond acceptors (Lipinski definition) is 6. The zero-order chi connectivity index (χ0) is 26.7. The van der Waals surface area contributed by atoms with Crippen LogP contribution >= 0.6 is 0 Å². The summed E-state index contributed by atoms with van der Waals surface area (Å²) in [5.41, 5.74) is -0.412. The zero-order valence-electron chi connectivity index (χ0n) is 20.6. The van der Waals surface area contributed by atoms with Gasteiger partial charge in [-0.15, -0.1) is 0 Å². The van der Waals surface area contributed by atoms with Crippen LogP contribution in [0.3, 0.4) is 0 Å². The van der Waals surface area contributed by atoms with Crippen molar-refractivity contribution in [2.24, 2.45) is 13.0 Å². The lowest BCUT2D eigenvalue weighted by Crippen LogP contribution is -2.45. The topological polar surface area (TPSA) is 164 Å². The van der Waals surface area contributed by atoms with Gasteiger partial charge in [0.1, 0.15) is 24.0 Å². The summed E-state index contributed by atoms with van der Waals surface area (Å²) in [4.78, 5) is 65.2. The Morgan fingerprint density at radius 2 is 1.94 bits per heavy atom. The third kappa shape index (κ3) is 8.85. The maximum absolute atomic E-state index is 13.0. The van der Waals surface area contributed by atoms with Crippen LogP contribution in [0, 0.1) is 5.92 Å². The van der Waals surface area contributed by atoms with Crippen LogP contribution in [-0.2, 0) is 28.0 Å². The molecule has 0 aromatic carbocycles. The quantitative estimate of drug-likeness (QED) is 0.297. The molecule has 3 amide bonds. The van der Waals surface area contributed by atoms with Crippen LogP contribution in [0.1, 0.15) is 43.6 Å². The second-order valence-corrected chi connectivity index (χ2v) is 8.61. The Morgan fingerprint density at radius 1 is 1.19 bits per heavy atom. The van der Waals surface area contributed by atoms with Gasteiger partial charge in [-0.25, -0.2) is 9.78 Å². The summed E-state index contributed by atoms with van der Waals surface area (Å²) in [5, 5.41) is 16.6. The van der Waals surface area contributed by atoms with E-state index < -0.39 is 29.4 Å². The van der Waals surface area contributed by atoms with Crippen LogP contribution < -0.4 is 21.5 Å². The summed E-state index contributed by atoms with van der Waals surface area (Å²) in [7, 11) is 1.62. The first-order chi connectivity index (χ1) is 17.1. The predicted molar refractivity (Wildman–Crippen MR) is 132 cm³/mol. The number of hydrogen-bond donors (Lipinski definition) is 4. The van der Waals surface area contributed by atoms with E-state index in [0.29, 0.717) is 12.5 Å². The van der Waals surface area contributed by atoms with Crippen LogP contribution in [0.4, 0.5) is 5.69 Å². The van der Waals surface area contributed by atoms with Gasteiger partial charge in [-0.2, -0.15) is 0 Å². The number of amides is 3. The average Bonchev–Trinajstić information content (AvgIpc) is 3.24. The van der Waals surface area contributed by atoms with E-state index in [2.05, 4.69) is 20.9 Å². The Labute approximate surface area is 208 Å². The van der Waals surface area contributed by atoms with Crippen molar-refractivity contribution in [3.05, 3.63) is 59.1 Å². The zero-order valence-corrected chi connectivity index (χ0v) is 20.6. The van der Waals surface area contributed by atoms with Gasteiger partial charge in [-0.05, 0) is 37.3 Å². The van der Waals surface area contributed by atoms with Gasteiger partial charge >= 0.3 is 5.97 Å². The van der Waals surface area contributed by atoms with E-state index in [1.165, 1.54) is 46.1 Å².